The zero-order valence-electron chi connectivity index (χ0n) is 29.7. The number of amides is 4. The Morgan fingerprint density at radius 1 is 1.21 bits per heavy atom. The first kappa shape index (κ1) is 38.7. The molecule has 3 heterocycles. The van der Waals surface area contributed by atoms with Crippen molar-refractivity contribution in [2.45, 2.75) is 46.1 Å². The van der Waals surface area contributed by atoms with Crippen LogP contribution in [0.2, 0.25) is 0 Å². The largest absolute Gasteiger partial charge is 0.465 e. The Labute approximate surface area is 310 Å². The number of methoxy groups -OCH3 is 1. The van der Waals surface area contributed by atoms with Gasteiger partial charge in [-0.15, -0.1) is 11.6 Å². The van der Waals surface area contributed by atoms with Crippen molar-refractivity contribution in [3.63, 3.8) is 0 Å². The van der Waals surface area contributed by atoms with Gasteiger partial charge >= 0.3 is 12.1 Å². The maximum Gasteiger partial charge on any atom is 0.415 e. The van der Waals surface area contributed by atoms with Gasteiger partial charge in [0.2, 0.25) is 13.8 Å². The molecule has 3 N–H and O–H groups in total. The predicted octanol–water partition coefficient (Wildman–Crippen LogP) is 5.13. The molecule has 278 valence electrons. The molecular weight excluding hydrogens is 711 g/mol. The molecule has 5 rings (SSSR count). The Balaban J connectivity index is 1.49. The van der Waals surface area contributed by atoms with E-state index in [1.807, 2.05) is 13.8 Å². The molecule has 4 aromatic rings. The van der Waals surface area contributed by atoms with Crippen LogP contribution in [0.25, 0.3) is 21.9 Å². The molecule has 0 fully saturated rings. The molecule has 0 saturated carbocycles. The summed E-state index contributed by atoms with van der Waals surface area (Å²) in [6.07, 6.45) is -0.429. The lowest BCUT2D eigenvalue weighted by Crippen LogP contribution is -2.49. The molecule has 2 aromatic carbocycles. The summed E-state index contributed by atoms with van der Waals surface area (Å²) in [7, 11) is 6.48. The first-order valence-corrected chi connectivity index (χ1v) is 17.4. The fourth-order valence-corrected chi connectivity index (χ4v) is 6.77. The monoisotopic (exact) mass is 748 g/mol. The topological polar surface area (TPSA) is 206 Å². The number of carbonyl (C=O) groups excluding carboxylic acids is 5. The number of carbonyl (C=O) groups is 5. The summed E-state index contributed by atoms with van der Waals surface area (Å²) in [5.41, 5.74) is 1.85. The van der Waals surface area contributed by atoms with Crippen LogP contribution in [-0.2, 0) is 9.53 Å². The van der Waals surface area contributed by atoms with Crippen molar-refractivity contribution < 1.29 is 42.8 Å². The maximum atomic E-state index is 14.1. The zero-order chi connectivity index (χ0) is 38.7. The van der Waals surface area contributed by atoms with E-state index in [0.717, 1.165) is 0 Å². The Morgan fingerprint density at radius 2 is 1.94 bits per heavy atom. The SMILES string of the molecule is [B]C(=O)N[C@@H](CC(C)C)C(=O)NCCN(CC)C(=O)Oc1cc2c(c3c(C(=O)OC)c(C)[nH]c13)[C@H](CCl)CN2C(=O)c1cc2cc([N+](=O)[O-])ccc2o1. The number of hydrogen-bond acceptors (Lipinski definition) is 10. The van der Waals surface area contributed by atoms with Gasteiger partial charge in [0, 0.05) is 72.6 Å². The van der Waals surface area contributed by atoms with Gasteiger partial charge in [-0.25, -0.2) is 9.59 Å². The summed E-state index contributed by atoms with van der Waals surface area (Å²) in [5, 5.41) is 17.2. The van der Waals surface area contributed by atoms with Gasteiger partial charge in [0.25, 0.3) is 11.6 Å². The number of furan rings is 1. The van der Waals surface area contributed by atoms with Crippen LogP contribution in [0, 0.1) is 23.0 Å². The number of anilines is 1. The number of ether oxygens (including phenoxy) is 2. The van der Waals surface area contributed by atoms with Crippen molar-refractivity contribution in [1.29, 1.82) is 0 Å². The van der Waals surface area contributed by atoms with Crippen LogP contribution in [-0.4, -0.2) is 97.5 Å². The van der Waals surface area contributed by atoms with Gasteiger partial charge in [0.05, 0.1) is 28.8 Å². The molecule has 16 nitrogen and oxygen atoms in total. The van der Waals surface area contributed by atoms with E-state index in [1.54, 1.807) is 13.8 Å². The van der Waals surface area contributed by atoms with Crippen LogP contribution in [0.15, 0.2) is 34.7 Å². The lowest BCUT2D eigenvalue weighted by Gasteiger charge is -2.23. The molecule has 2 aromatic heterocycles. The molecule has 0 saturated heterocycles. The number of rotatable bonds is 13. The van der Waals surface area contributed by atoms with Gasteiger partial charge in [0.1, 0.15) is 11.6 Å². The van der Waals surface area contributed by atoms with E-state index in [9.17, 15) is 34.1 Å². The number of alkyl halides is 1. The average molecular weight is 749 g/mol. The quantitative estimate of drug-likeness (QED) is 0.0540. The second kappa shape index (κ2) is 16.0. The summed E-state index contributed by atoms with van der Waals surface area (Å²) < 4.78 is 16.8. The highest BCUT2D eigenvalue weighted by atomic mass is 35.5. The molecule has 2 atom stereocenters. The number of aryl methyl sites for hydroxylation is 1. The third-order valence-electron chi connectivity index (χ3n) is 8.95. The van der Waals surface area contributed by atoms with E-state index in [2.05, 4.69) is 15.6 Å². The molecule has 0 bridgehead atoms. The van der Waals surface area contributed by atoms with Gasteiger partial charge < -0.3 is 39.3 Å². The van der Waals surface area contributed by atoms with Crippen molar-refractivity contribution in [3.8, 4) is 5.75 Å². The van der Waals surface area contributed by atoms with Gasteiger partial charge in [-0.1, -0.05) is 13.8 Å². The molecule has 2 radical (unpaired) electrons. The molecule has 4 amide bonds. The van der Waals surface area contributed by atoms with Crippen LogP contribution in [0.4, 0.5) is 21.0 Å². The summed E-state index contributed by atoms with van der Waals surface area (Å²) in [4.78, 5) is 81.8. The van der Waals surface area contributed by atoms with Gasteiger partial charge in [0.15, 0.2) is 17.3 Å². The smallest absolute Gasteiger partial charge is 0.415 e. The highest BCUT2D eigenvalue weighted by Crippen LogP contribution is 2.48. The zero-order valence-corrected chi connectivity index (χ0v) is 30.5. The summed E-state index contributed by atoms with van der Waals surface area (Å²) in [6.45, 7) is 7.52. The molecular formula is C35H38BClN6O10. The Bertz CT molecular complexity index is 2110. The minimum absolute atomic E-state index is 0.000368. The number of aromatic nitrogens is 1. The van der Waals surface area contributed by atoms with Crippen LogP contribution in [0.1, 0.15) is 65.3 Å². The number of esters is 1. The summed E-state index contributed by atoms with van der Waals surface area (Å²) in [5.74, 6) is -2.95. The molecule has 53 heavy (non-hydrogen) atoms. The van der Waals surface area contributed by atoms with Crippen LogP contribution in [0.3, 0.4) is 0 Å². The lowest BCUT2D eigenvalue weighted by molar-refractivity contribution is -0.384. The number of likely N-dealkylation sites (N-methyl/N-ethyl adjacent to an activating group) is 1. The van der Waals surface area contributed by atoms with E-state index in [1.165, 1.54) is 47.2 Å². The number of nitro benzene ring substituents is 1. The van der Waals surface area contributed by atoms with Crippen molar-refractivity contribution in [2.24, 2.45) is 5.92 Å². The second-order valence-corrected chi connectivity index (χ2v) is 13.3. The number of benzene rings is 2. The molecule has 1 aliphatic rings. The first-order valence-electron chi connectivity index (χ1n) is 16.8. The van der Waals surface area contributed by atoms with Crippen molar-refractivity contribution in [3.05, 3.63) is 63.0 Å². The number of non-ortho nitro benzene ring substituents is 1. The summed E-state index contributed by atoms with van der Waals surface area (Å²) in [6, 6.07) is 6.04. The van der Waals surface area contributed by atoms with Crippen molar-refractivity contribution >= 4 is 82.4 Å². The highest BCUT2D eigenvalue weighted by molar-refractivity contribution is 6.57. The Hall–Kier alpha value is -5.58. The molecule has 0 unspecified atom stereocenters. The number of nitro groups is 1. The number of fused-ring (bicyclic) bond motifs is 4. The van der Waals surface area contributed by atoms with E-state index in [4.69, 9.17) is 33.3 Å². The van der Waals surface area contributed by atoms with Gasteiger partial charge in [-0.2, -0.15) is 0 Å². The number of halogens is 1. The molecule has 18 heteroatoms. The Morgan fingerprint density at radius 3 is 2.57 bits per heavy atom. The minimum atomic E-state index is -0.852. The van der Waals surface area contributed by atoms with E-state index < -0.39 is 46.6 Å². The van der Waals surface area contributed by atoms with Crippen LogP contribution < -0.4 is 20.3 Å². The van der Waals surface area contributed by atoms with Gasteiger partial charge in [-0.3, -0.25) is 24.5 Å². The van der Waals surface area contributed by atoms with Crippen LogP contribution in [0.5, 0.6) is 5.75 Å². The van der Waals surface area contributed by atoms with Crippen LogP contribution >= 0.6 is 11.6 Å². The Kier molecular flexibility index (Phi) is 11.7. The molecule has 0 spiro atoms. The van der Waals surface area contributed by atoms with Crippen molar-refractivity contribution in [1.82, 2.24) is 20.5 Å². The number of nitrogens with one attached hydrogen (secondary N) is 3. The maximum absolute atomic E-state index is 14.1. The van der Waals surface area contributed by atoms with E-state index >= 15 is 0 Å². The van der Waals surface area contributed by atoms with Gasteiger partial charge in [-0.05, 0) is 43.9 Å². The first-order chi connectivity index (χ1) is 25.2. The number of nitrogens with zero attached hydrogens (tertiary/aromatic N) is 3. The number of aromatic amines is 1. The highest BCUT2D eigenvalue weighted by Gasteiger charge is 2.39. The lowest BCUT2D eigenvalue weighted by atomic mass is 9.95. The fraction of sp³-hybridized carbons (Fsp3) is 0.400. The molecule has 1 aliphatic heterocycles. The standard InChI is InChI=1S/C35H38BClN6O10/c1-6-41(10-9-38-31(44)22(11-17(2)3)40-34(36)47)35(48)53-25-14-23-28(29-27(33(46)51-5)18(4)39-30(25)29)20(15-37)16-42(23)32(45)26-13-19-12-21(43(49)50)7-8-24(19)52-26/h7-8,12-14,17,20,22,39H,6,9-11,15-16H2,1-5H3,(H,38,44)(H,40,47)/t20-,22+/m1/s1. The third kappa shape index (κ3) is 7.94. The number of hydrogen-bond donors (Lipinski definition) is 3. The second-order valence-electron chi connectivity index (χ2n) is 13.0. The fourth-order valence-electron chi connectivity index (χ4n) is 6.52. The predicted molar refractivity (Wildman–Crippen MR) is 196 cm³/mol. The van der Waals surface area contributed by atoms with E-state index in [0.29, 0.717) is 39.7 Å². The minimum Gasteiger partial charge on any atom is -0.465 e. The van der Waals surface area contributed by atoms with E-state index in [-0.39, 0.29) is 66.3 Å². The molecule has 0 aliphatic carbocycles. The average Bonchev–Trinajstić information content (AvgIpc) is 3.81. The van der Waals surface area contributed by atoms with Crippen molar-refractivity contribution in [2.75, 3.05) is 44.1 Å². The normalized spacial score (nSPS) is 14.2. The number of H-pyrrole nitrogens is 1. The summed E-state index contributed by atoms with van der Waals surface area (Å²) >= 11 is 6.46. The third-order valence-corrected chi connectivity index (χ3v) is 9.32.